The van der Waals surface area contributed by atoms with Crippen LogP contribution >= 0.6 is 0 Å². The van der Waals surface area contributed by atoms with Gasteiger partial charge in [-0.2, -0.15) is 0 Å². The zero-order valence-electron chi connectivity index (χ0n) is 19.9. The number of benzene rings is 1. The van der Waals surface area contributed by atoms with Crippen molar-refractivity contribution in [1.82, 2.24) is 15.5 Å². The van der Waals surface area contributed by atoms with E-state index in [2.05, 4.69) is 16.0 Å². The molecule has 0 radical (unpaired) electrons. The Balaban J connectivity index is 1.40. The Morgan fingerprint density at radius 2 is 1.69 bits per heavy atom. The Hall–Kier alpha value is -3.39. The standard InChI is InChI=1S/C23H31N5O8/c24-6-8-34-10-12-36-13-11-35-9-7-25-19(30)14-26-16-3-1-2-15-20(16)23(33)28(22(15)32)17-4-5-18(29)27-21(17)31/h1-3,17,26H,4-14,24H2,(H,25,30)(H,27,29,31). The molecule has 1 aromatic carbocycles. The first kappa shape index (κ1) is 27.2. The summed E-state index contributed by atoms with van der Waals surface area (Å²) in [5.74, 6) is -2.70. The summed E-state index contributed by atoms with van der Waals surface area (Å²) < 4.78 is 15.9. The van der Waals surface area contributed by atoms with E-state index in [-0.39, 0.29) is 43.0 Å². The van der Waals surface area contributed by atoms with Crippen molar-refractivity contribution in [2.45, 2.75) is 18.9 Å². The zero-order chi connectivity index (χ0) is 25.9. The van der Waals surface area contributed by atoms with Gasteiger partial charge in [0.1, 0.15) is 6.04 Å². The van der Waals surface area contributed by atoms with Crippen LogP contribution in [0.25, 0.3) is 0 Å². The summed E-state index contributed by atoms with van der Waals surface area (Å²) in [5.41, 5.74) is 5.84. The molecule has 13 heteroatoms. The van der Waals surface area contributed by atoms with E-state index < -0.39 is 29.7 Å². The molecule has 5 N–H and O–H groups in total. The monoisotopic (exact) mass is 505 g/mol. The summed E-state index contributed by atoms with van der Waals surface area (Å²) in [6, 6.07) is 3.59. The fourth-order valence-electron chi connectivity index (χ4n) is 3.79. The first-order valence-electron chi connectivity index (χ1n) is 11.7. The maximum Gasteiger partial charge on any atom is 0.264 e. The molecule has 0 bridgehead atoms. The molecule has 1 saturated heterocycles. The number of rotatable bonds is 15. The van der Waals surface area contributed by atoms with Gasteiger partial charge in [0.15, 0.2) is 0 Å². The second-order valence-corrected chi connectivity index (χ2v) is 8.00. The van der Waals surface area contributed by atoms with E-state index in [1.54, 1.807) is 12.1 Å². The second-order valence-electron chi connectivity index (χ2n) is 8.00. The zero-order valence-corrected chi connectivity index (χ0v) is 19.9. The number of piperidine rings is 1. The Morgan fingerprint density at radius 3 is 2.39 bits per heavy atom. The number of hydrogen-bond acceptors (Lipinski definition) is 10. The van der Waals surface area contributed by atoms with Crippen molar-refractivity contribution < 1.29 is 38.2 Å². The van der Waals surface area contributed by atoms with Crippen molar-refractivity contribution in [3.8, 4) is 0 Å². The van der Waals surface area contributed by atoms with Gasteiger partial charge in [0, 0.05) is 25.2 Å². The number of carbonyl (C=O) groups is 5. The third kappa shape index (κ3) is 7.07. The third-order valence-corrected chi connectivity index (χ3v) is 5.48. The number of amides is 5. The fraction of sp³-hybridized carbons (Fsp3) is 0.522. The van der Waals surface area contributed by atoms with E-state index in [9.17, 15) is 24.0 Å². The van der Waals surface area contributed by atoms with Crippen LogP contribution in [0.2, 0.25) is 0 Å². The first-order valence-corrected chi connectivity index (χ1v) is 11.7. The summed E-state index contributed by atoms with van der Waals surface area (Å²) in [6.45, 7) is 3.12. The highest BCUT2D eigenvalue weighted by atomic mass is 16.5. The minimum absolute atomic E-state index is 0.0377. The van der Waals surface area contributed by atoms with Gasteiger partial charge in [0.05, 0.1) is 57.3 Å². The van der Waals surface area contributed by atoms with Gasteiger partial charge in [-0.25, -0.2) is 0 Å². The number of nitrogens with zero attached hydrogens (tertiary/aromatic N) is 1. The largest absolute Gasteiger partial charge is 0.378 e. The van der Waals surface area contributed by atoms with Crippen LogP contribution in [-0.4, -0.2) is 99.8 Å². The van der Waals surface area contributed by atoms with Crippen LogP contribution in [0.15, 0.2) is 18.2 Å². The van der Waals surface area contributed by atoms with Gasteiger partial charge >= 0.3 is 0 Å². The molecule has 5 amide bonds. The number of carbonyl (C=O) groups excluding carboxylic acids is 5. The molecule has 1 unspecified atom stereocenters. The van der Waals surface area contributed by atoms with Gasteiger partial charge in [0.25, 0.3) is 11.8 Å². The summed E-state index contributed by atoms with van der Waals surface area (Å²) in [4.78, 5) is 62.6. The molecule has 3 rings (SSSR count). The molecule has 0 aromatic heterocycles. The SMILES string of the molecule is NCCOCCOCCOCCNC(=O)CNc1cccc2c1C(=O)N(C1CCC(=O)NC1=O)C2=O. The number of ether oxygens (including phenoxy) is 3. The lowest BCUT2D eigenvalue weighted by Crippen LogP contribution is -2.54. The molecular formula is C23H31N5O8. The molecule has 2 aliphatic rings. The Morgan fingerprint density at radius 1 is 1.00 bits per heavy atom. The van der Waals surface area contributed by atoms with E-state index in [1.165, 1.54) is 6.07 Å². The van der Waals surface area contributed by atoms with Crippen molar-refractivity contribution in [2.75, 3.05) is 64.6 Å². The second kappa shape index (κ2) is 13.6. The minimum Gasteiger partial charge on any atom is -0.378 e. The van der Waals surface area contributed by atoms with Gasteiger partial charge < -0.3 is 30.6 Å². The first-order chi connectivity index (χ1) is 17.4. The molecule has 0 aliphatic carbocycles. The predicted molar refractivity (Wildman–Crippen MR) is 126 cm³/mol. The number of nitrogens with one attached hydrogen (secondary N) is 3. The van der Waals surface area contributed by atoms with Crippen molar-refractivity contribution in [3.63, 3.8) is 0 Å². The minimum atomic E-state index is -1.05. The van der Waals surface area contributed by atoms with Crippen molar-refractivity contribution >= 4 is 35.2 Å². The molecule has 2 aliphatic heterocycles. The Kier molecular flexibility index (Phi) is 10.3. The van der Waals surface area contributed by atoms with Gasteiger partial charge in [-0.15, -0.1) is 0 Å². The van der Waals surface area contributed by atoms with Gasteiger partial charge in [-0.1, -0.05) is 6.07 Å². The molecule has 0 saturated carbocycles. The van der Waals surface area contributed by atoms with E-state index in [1.807, 2.05) is 0 Å². The Labute approximate surface area is 208 Å². The summed E-state index contributed by atoms with van der Waals surface area (Å²) in [5, 5.41) is 7.73. The average molecular weight is 506 g/mol. The van der Waals surface area contributed by atoms with E-state index in [4.69, 9.17) is 19.9 Å². The number of hydrogen-bond donors (Lipinski definition) is 4. The third-order valence-electron chi connectivity index (χ3n) is 5.48. The van der Waals surface area contributed by atoms with Crippen LogP contribution in [0.3, 0.4) is 0 Å². The van der Waals surface area contributed by atoms with E-state index >= 15 is 0 Å². The molecule has 1 aromatic rings. The maximum atomic E-state index is 13.0. The number of imide groups is 2. The van der Waals surface area contributed by atoms with Crippen LogP contribution in [0.4, 0.5) is 5.69 Å². The molecule has 2 heterocycles. The summed E-state index contributed by atoms with van der Waals surface area (Å²) in [7, 11) is 0. The molecular weight excluding hydrogens is 474 g/mol. The topological polar surface area (TPSA) is 178 Å². The van der Waals surface area contributed by atoms with Gasteiger partial charge in [0.2, 0.25) is 17.7 Å². The van der Waals surface area contributed by atoms with Crippen LogP contribution in [0.1, 0.15) is 33.6 Å². The highest BCUT2D eigenvalue weighted by Gasteiger charge is 2.45. The fourth-order valence-corrected chi connectivity index (χ4v) is 3.79. The lowest BCUT2D eigenvalue weighted by atomic mass is 10.0. The highest BCUT2D eigenvalue weighted by molar-refractivity contribution is 6.25. The highest BCUT2D eigenvalue weighted by Crippen LogP contribution is 2.32. The molecule has 13 nitrogen and oxygen atoms in total. The quantitative estimate of drug-likeness (QED) is 0.164. The maximum absolute atomic E-state index is 13.0. The van der Waals surface area contributed by atoms with Crippen molar-refractivity contribution in [3.05, 3.63) is 29.3 Å². The number of nitrogens with two attached hydrogens (primary N) is 1. The van der Waals surface area contributed by atoms with Gasteiger partial charge in [-0.3, -0.25) is 34.2 Å². The molecule has 1 atom stereocenters. The van der Waals surface area contributed by atoms with Crippen molar-refractivity contribution in [1.29, 1.82) is 0 Å². The smallest absolute Gasteiger partial charge is 0.264 e. The average Bonchev–Trinajstić information content (AvgIpc) is 3.11. The Bertz CT molecular complexity index is 985. The predicted octanol–water partition coefficient (Wildman–Crippen LogP) is -1.38. The van der Waals surface area contributed by atoms with Crippen LogP contribution in [0.5, 0.6) is 0 Å². The van der Waals surface area contributed by atoms with E-state index in [0.29, 0.717) is 51.9 Å². The normalized spacial score (nSPS) is 17.2. The lowest BCUT2D eigenvalue weighted by Gasteiger charge is -2.27. The van der Waals surface area contributed by atoms with Crippen LogP contribution in [0, 0.1) is 0 Å². The van der Waals surface area contributed by atoms with E-state index in [0.717, 1.165) is 4.90 Å². The van der Waals surface area contributed by atoms with Crippen LogP contribution in [-0.2, 0) is 28.6 Å². The van der Waals surface area contributed by atoms with Crippen LogP contribution < -0.4 is 21.7 Å². The number of fused-ring (bicyclic) bond motifs is 1. The van der Waals surface area contributed by atoms with Gasteiger partial charge in [-0.05, 0) is 18.6 Å². The van der Waals surface area contributed by atoms with Crippen molar-refractivity contribution in [2.24, 2.45) is 5.73 Å². The lowest BCUT2D eigenvalue weighted by molar-refractivity contribution is -0.136. The summed E-state index contributed by atoms with van der Waals surface area (Å²) >= 11 is 0. The number of anilines is 1. The molecule has 196 valence electrons. The molecule has 1 fully saturated rings. The molecule has 0 spiro atoms. The molecule has 36 heavy (non-hydrogen) atoms. The summed E-state index contributed by atoms with van der Waals surface area (Å²) in [6.07, 6.45) is 0.106.